The molecule has 2 aromatic carbocycles. The van der Waals surface area contributed by atoms with Gasteiger partial charge in [0.05, 0.1) is 5.02 Å². The van der Waals surface area contributed by atoms with E-state index in [4.69, 9.17) is 23.2 Å². The molecule has 0 aliphatic heterocycles. The largest absolute Gasteiger partial charge is 0.384 e. The van der Waals surface area contributed by atoms with Gasteiger partial charge in [0.15, 0.2) is 0 Å². The first kappa shape index (κ1) is 14.8. The van der Waals surface area contributed by atoms with Crippen LogP contribution in [0.5, 0.6) is 0 Å². The molecule has 5 heteroatoms. The van der Waals surface area contributed by atoms with Crippen molar-refractivity contribution in [3.8, 4) is 0 Å². The highest BCUT2D eigenvalue weighted by Crippen LogP contribution is 2.34. The summed E-state index contributed by atoms with van der Waals surface area (Å²) in [4.78, 5) is 0. The van der Waals surface area contributed by atoms with E-state index < -0.39 is 11.9 Å². The van der Waals surface area contributed by atoms with Crippen LogP contribution in [-0.2, 0) is 0 Å². The number of hydrogen-bond acceptors (Lipinski definition) is 1. The van der Waals surface area contributed by atoms with E-state index >= 15 is 0 Å². The maximum atomic E-state index is 14.1. The van der Waals surface area contributed by atoms with E-state index in [0.29, 0.717) is 15.1 Å². The summed E-state index contributed by atoms with van der Waals surface area (Å²) in [5, 5.41) is 10.8. The molecule has 100 valence electrons. The van der Waals surface area contributed by atoms with Gasteiger partial charge in [0.1, 0.15) is 11.9 Å². The molecular weight excluding hydrogens is 354 g/mol. The molecule has 0 spiro atoms. The number of halogens is 4. The van der Waals surface area contributed by atoms with Crippen LogP contribution in [0.15, 0.2) is 34.8 Å². The topological polar surface area (TPSA) is 20.2 Å². The average Bonchev–Trinajstić information content (AvgIpc) is 2.39. The molecule has 1 N–H and O–H groups in total. The predicted octanol–water partition coefficient (Wildman–Crippen LogP) is 5.29. The maximum Gasteiger partial charge on any atom is 0.149 e. The molecule has 1 nitrogen and oxygen atoms in total. The highest BCUT2D eigenvalue weighted by atomic mass is 79.9. The molecule has 1 atom stereocenters. The lowest BCUT2D eigenvalue weighted by atomic mass is 9.97. The molecule has 0 aliphatic carbocycles. The van der Waals surface area contributed by atoms with Crippen LogP contribution in [0.25, 0.3) is 0 Å². The van der Waals surface area contributed by atoms with E-state index in [9.17, 15) is 9.50 Å². The second-order valence-electron chi connectivity index (χ2n) is 4.12. The van der Waals surface area contributed by atoms with Crippen LogP contribution in [0.3, 0.4) is 0 Å². The van der Waals surface area contributed by atoms with Crippen LogP contribution < -0.4 is 0 Å². The third-order valence-corrected chi connectivity index (χ3v) is 4.63. The van der Waals surface area contributed by atoms with Crippen LogP contribution >= 0.6 is 39.1 Å². The first-order valence-corrected chi connectivity index (χ1v) is 7.05. The van der Waals surface area contributed by atoms with Crippen molar-refractivity contribution in [2.24, 2.45) is 0 Å². The van der Waals surface area contributed by atoms with E-state index in [2.05, 4.69) is 15.9 Å². The van der Waals surface area contributed by atoms with Crippen LogP contribution in [0.4, 0.5) is 4.39 Å². The van der Waals surface area contributed by atoms with Gasteiger partial charge in [0.2, 0.25) is 0 Å². The van der Waals surface area contributed by atoms with Gasteiger partial charge >= 0.3 is 0 Å². The van der Waals surface area contributed by atoms with E-state index in [0.717, 1.165) is 5.56 Å². The summed E-state index contributed by atoms with van der Waals surface area (Å²) in [7, 11) is 0. The summed E-state index contributed by atoms with van der Waals surface area (Å²) in [6.45, 7) is 1.78. The average molecular weight is 364 g/mol. The van der Waals surface area contributed by atoms with Crippen LogP contribution in [0, 0.1) is 12.7 Å². The van der Waals surface area contributed by atoms with Gasteiger partial charge in [-0.2, -0.15) is 0 Å². The Bertz CT molecular complexity index is 631. The number of aliphatic hydroxyl groups is 1. The molecule has 19 heavy (non-hydrogen) atoms. The molecule has 2 rings (SSSR count). The maximum absolute atomic E-state index is 14.1. The monoisotopic (exact) mass is 362 g/mol. The fourth-order valence-corrected chi connectivity index (χ4v) is 2.50. The molecule has 0 amide bonds. The van der Waals surface area contributed by atoms with Gasteiger partial charge in [-0.15, -0.1) is 0 Å². The summed E-state index contributed by atoms with van der Waals surface area (Å²) < 4.78 is 14.5. The molecular formula is C14H10BrCl2FO. The quantitative estimate of drug-likeness (QED) is 0.719. The Kier molecular flexibility index (Phi) is 4.51. The minimum atomic E-state index is -1.11. The molecule has 0 radical (unpaired) electrons. The van der Waals surface area contributed by atoms with E-state index in [-0.39, 0.29) is 10.6 Å². The molecule has 1 unspecified atom stereocenters. The molecule has 0 aliphatic rings. The Balaban J connectivity index is 2.53. The Labute approximate surface area is 129 Å². The Morgan fingerprint density at radius 3 is 2.53 bits per heavy atom. The molecule has 0 aromatic heterocycles. The fourth-order valence-electron chi connectivity index (χ4n) is 1.84. The van der Waals surface area contributed by atoms with Crippen molar-refractivity contribution >= 4 is 39.1 Å². The molecule has 0 fully saturated rings. The lowest BCUT2D eigenvalue weighted by molar-refractivity contribution is 0.214. The van der Waals surface area contributed by atoms with Crippen molar-refractivity contribution in [2.75, 3.05) is 0 Å². The van der Waals surface area contributed by atoms with Crippen molar-refractivity contribution < 1.29 is 9.50 Å². The highest BCUT2D eigenvalue weighted by Gasteiger charge is 2.20. The second-order valence-corrected chi connectivity index (χ2v) is 5.76. The van der Waals surface area contributed by atoms with Crippen molar-refractivity contribution in [3.63, 3.8) is 0 Å². The zero-order valence-corrected chi connectivity index (χ0v) is 13.0. The third-order valence-electron chi connectivity index (χ3n) is 2.96. The zero-order valence-electron chi connectivity index (χ0n) is 9.92. The molecule has 0 saturated carbocycles. The van der Waals surface area contributed by atoms with E-state index in [1.165, 1.54) is 6.07 Å². The van der Waals surface area contributed by atoms with Gasteiger partial charge in [0, 0.05) is 15.1 Å². The minimum absolute atomic E-state index is 0.0452. The van der Waals surface area contributed by atoms with Crippen molar-refractivity contribution in [3.05, 3.63) is 67.4 Å². The summed E-state index contributed by atoms with van der Waals surface area (Å²) in [5.41, 5.74) is 1.40. The highest BCUT2D eigenvalue weighted by molar-refractivity contribution is 9.10. The zero-order chi connectivity index (χ0) is 14.2. The fraction of sp³-hybridized carbons (Fsp3) is 0.143. The van der Waals surface area contributed by atoms with Crippen molar-refractivity contribution in [1.82, 2.24) is 0 Å². The lowest BCUT2D eigenvalue weighted by Gasteiger charge is -2.16. The van der Waals surface area contributed by atoms with Gasteiger partial charge in [-0.25, -0.2) is 4.39 Å². The number of hydrogen-bond donors (Lipinski definition) is 1. The Hall–Kier alpha value is -0.610. The summed E-state index contributed by atoms with van der Waals surface area (Å²) in [6.07, 6.45) is -1.11. The Morgan fingerprint density at radius 1 is 1.16 bits per heavy atom. The molecule has 0 bridgehead atoms. The first-order valence-electron chi connectivity index (χ1n) is 5.50. The van der Waals surface area contributed by atoms with Crippen molar-refractivity contribution in [1.29, 1.82) is 0 Å². The van der Waals surface area contributed by atoms with Gasteiger partial charge in [-0.1, -0.05) is 41.4 Å². The molecule has 2 aromatic rings. The first-order chi connectivity index (χ1) is 8.93. The van der Waals surface area contributed by atoms with Gasteiger partial charge in [-0.05, 0) is 46.1 Å². The SMILES string of the molecule is Cc1c(Cl)cccc1C(O)c1ccc(Br)c(Cl)c1F. The number of aliphatic hydroxyl groups excluding tert-OH is 1. The normalized spacial score (nSPS) is 12.5. The Morgan fingerprint density at radius 2 is 1.84 bits per heavy atom. The van der Waals surface area contributed by atoms with Crippen molar-refractivity contribution in [2.45, 2.75) is 13.0 Å². The lowest BCUT2D eigenvalue weighted by Crippen LogP contribution is -2.05. The van der Waals surface area contributed by atoms with E-state index in [1.54, 1.807) is 31.2 Å². The number of benzene rings is 2. The summed E-state index contributed by atoms with van der Waals surface area (Å²) in [5.74, 6) is -0.636. The number of rotatable bonds is 2. The van der Waals surface area contributed by atoms with Gasteiger partial charge in [-0.3, -0.25) is 0 Å². The van der Waals surface area contributed by atoms with Gasteiger partial charge < -0.3 is 5.11 Å². The third kappa shape index (κ3) is 2.79. The predicted molar refractivity (Wildman–Crippen MR) is 79.4 cm³/mol. The van der Waals surface area contributed by atoms with Crippen LogP contribution in [-0.4, -0.2) is 5.11 Å². The van der Waals surface area contributed by atoms with E-state index in [1.807, 2.05) is 0 Å². The molecule has 0 heterocycles. The summed E-state index contributed by atoms with van der Waals surface area (Å²) >= 11 is 15.0. The minimum Gasteiger partial charge on any atom is -0.384 e. The van der Waals surface area contributed by atoms with Crippen LogP contribution in [0.1, 0.15) is 22.8 Å². The second kappa shape index (κ2) is 5.80. The molecule has 0 saturated heterocycles. The van der Waals surface area contributed by atoms with Crippen LogP contribution in [0.2, 0.25) is 10.0 Å². The smallest absolute Gasteiger partial charge is 0.149 e. The summed E-state index contributed by atoms with van der Waals surface area (Å²) in [6, 6.07) is 8.24. The standard InChI is InChI=1S/C14H10BrCl2FO/c1-7-8(3-2-4-11(7)16)14(19)9-5-6-10(15)12(17)13(9)18/h2-6,14,19H,1H3. The van der Waals surface area contributed by atoms with Gasteiger partial charge in [0.25, 0.3) is 0 Å².